The van der Waals surface area contributed by atoms with Crippen molar-refractivity contribution in [2.75, 3.05) is 39.2 Å². The molecular formula is C20H27N3O2. The maximum atomic E-state index is 5.52. The van der Waals surface area contributed by atoms with Gasteiger partial charge in [-0.2, -0.15) is 0 Å². The predicted octanol–water partition coefficient (Wildman–Crippen LogP) is 3.15. The minimum absolute atomic E-state index is 0.738. The van der Waals surface area contributed by atoms with Gasteiger partial charge in [0, 0.05) is 29.4 Å². The Morgan fingerprint density at radius 3 is 2.64 bits per heavy atom. The van der Waals surface area contributed by atoms with Crippen LogP contribution in [0.3, 0.4) is 0 Å². The largest absolute Gasteiger partial charge is 0.493 e. The molecule has 0 unspecified atom stereocenters. The Morgan fingerprint density at radius 2 is 1.88 bits per heavy atom. The molecule has 2 aromatic rings. The molecule has 1 saturated heterocycles. The molecule has 0 spiro atoms. The minimum atomic E-state index is 0.738. The van der Waals surface area contributed by atoms with Crippen molar-refractivity contribution in [1.82, 2.24) is 10.3 Å². The number of aryl methyl sites for hydroxylation is 1. The summed E-state index contributed by atoms with van der Waals surface area (Å²) in [4.78, 5) is 4.91. The molecule has 1 aromatic carbocycles. The fourth-order valence-corrected chi connectivity index (χ4v) is 4.12. The van der Waals surface area contributed by atoms with Gasteiger partial charge in [0.2, 0.25) is 0 Å². The molecule has 1 fully saturated rings. The van der Waals surface area contributed by atoms with Crippen molar-refractivity contribution in [3.05, 3.63) is 23.4 Å². The number of piperidine rings is 1. The van der Waals surface area contributed by atoms with Gasteiger partial charge in [0.15, 0.2) is 11.5 Å². The van der Waals surface area contributed by atoms with Gasteiger partial charge in [-0.05, 0) is 62.7 Å². The molecule has 25 heavy (non-hydrogen) atoms. The van der Waals surface area contributed by atoms with Crippen molar-refractivity contribution in [3.63, 3.8) is 0 Å². The SMILES string of the molecule is COc1cc2nc3c(c(NCC4CCNCC4)c2cc1OC)CCC3. The zero-order chi connectivity index (χ0) is 17.2. The summed E-state index contributed by atoms with van der Waals surface area (Å²) >= 11 is 0. The topological polar surface area (TPSA) is 55.4 Å². The van der Waals surface area contributed by atoms with Crippen LogP contribution in [0.1, 0.15) is 30.5 Å². The Kier molecular flexibility index (Phi) is 4.66. The number of benzene rings is 1. The van der Waals surface area contributed by atoms with Gasteiger partial charge in [-0.15, -0.1) is 0 Å². The van der Waals surface area contributed by atoms with Crippen molar-refractivity contribution in [3.8, 4) is 11.5 Å². The summed E-state index contributed by atoms with van der Waals surface area (Å²) in [7, 11) is 3.36. The number of nitrogens with one attached hydrogen (secondary N) is 2. The van der Waals surface area contributed by atoms with Crippen LogP contribution in [0, 0.1) is 5.92 Å². The molecule has 0 bridgehead atoms. The van der Waals surface area contributed by atoms with Crippen LogP contribution in [0.4, 0.5) is 5.69 Å². The molecule has 1 aromatic heterocycles. The quantitative estimate of drug-likeness (QED) is 0.875. The maximum Gasteiger partial charge on any atom is 0.162 e. The van der Waals surface area contributed by atoms with Crippen molar-refractivity contribution in [1.29, 1.82) is 0 Å². The van der Waals surface area contributed by atoms with Crippen LogP contribution in [0.15, 0.2) is 12.1 Å². The molecule has 2 aliphatic rings. The van der Waals surface area contributed by atoms with Crippen LogP contribution in [0.5, 0.6) is 11.5 Å². The molecule has 2 heterocycles. The number of nitrogens with zero attached hydrogens (tertiary/aromatic N) is 1. The number of ether oxygens (including phenoxy) is 2. The molecule has 1 aliphatic carbocycles. The fraction of sp³-hybridized carbons (Fsp3) is 0.550. The summed E-state index contributed by atoms with van der Waals surface area (Å²) in [5.74, 6) is 2.24. The molecule has 0 amide bonds. The molecule has 4 rings (SSSR count). The number of hydrogen-bond acceptors (Lipinski definition) is 5. The Bertz CT molecular complexity index is 769. The second-order valence-corrected chi connectivity index (χ2v) is 7.06. The van der Waals surface area contributed by atoms with Gasteiger partial charge >= 0.3 is 0 Å². The number of rotatable bonds is 5. The molecule has 5 heteroatoms. The van der Waals surface area contributed by atoms with Crippen LogP contribution in [0.25, 0.3) is 10.9 Å². The Balaban J connectivity index is 1.74. The molecule has 0 atom stereocenters. The highest BCUT2D eigenvalue weighted by atomic mass is 16.5. The summed E-state index contributed by atoms with van der Waals surface area (Å²) in [5.41, 5.74) is 4.89. The van der Waals surface area contributed by atoms with E-state index in [1.165, 1.54) is 36.2 Å². The Hall–Kier alpha value is -2.01. The van der Waals surface area contributed by atoms with E-state index in [9.17, 15) is 0 Å². The van der Waals surface area contributed by atoms with Gasteiger partial charge < -0.3 is 20.1 Å². The van der Waals surface area contributed by atoms with E-state index in [1.807, 2.05) is 6.07 Å². The lowest BCUT2D eigenvalue weighted by Crippen LogP contribution is -2.31. The normalized spacial score (nSPS) is 17.5. The number of fused-ring (bicyclic) bond motifs is 2. The van der Waals surface area contributed by atoms with E-state index in [0.29, 0.717) is 0 Å². The van der Waals surface area contributed by atoms with Gasteiger partial charge in [-0.1, -0.05) is 0 Å². The standard InChI is InChI=1S/C20H27N3O2/c1-24-18-10-15-17(11-19(18)25-2)23-16-5-3-4-14(16)20(15)22-12-13-6-8-21-9-7-13/h10-11,13,21H,3-9,12H2,1-2H3,(H,22,23). The summed E-state index contributed by atoms with van der Waals surface area (Å²) in [6.45, 7) is 3.29. The lowest BCUT2D eigenvalue weighted by atomic mass is 9.97. The van der Waals surface area contributed by atoms with Crippen LogP contribution in [0.2, 0.25) is 0 Å². The predicted molar refractivity (Wildman–Crippen MR) is 101 cm³/mol. The van der Waals surface area contributed by atoms with Crippen LogP contribution in [-0.2, 0) is 12.8 Å². The minimum Gasteiger partial charge on any atom is -0.493 e. The average molecular weight is 341 g/mol. The zero-order valence-corrected chi connectivity index (χ0v) is 15.2. The number of aromatic nitrogens is 1. The van der Waals surface area contributed by atoms with E-state index < -0.39 is 0 Å². The van der Waals surface area contributed by atoms with Crippen molar-refractivity contribution in [2.45, 2.75) is 32.1 Å². The lowest BCUT2D eigenvalue weighted by molar-refractivity contribution is 0.356. The second-order valence-electron chi connectivity index (χ2n) is 7.06. The van der Waals surface area contributed by atoms with Gasteiger partial charge in [0.1, 0.15) is 0 Å². The molecule has 0 radical (unpaired) electrons. The third kappa shape index (κ3) is 3.13. The first-order valence-electron chi connectivity index (χ1n) is 9.32. The lowest BCUT2D eigenvalue weighted by Gasteiger charge is -2.24. The Morgan fingerprint density at radius 1 is 1.12 bits per heavy atom. The highest BCUT2D eigenvalue weighted by molar-refractivity contribution is 5.96. The second kappa shape index (κ2) is 7.08. The van der Waals surface area contributed by atoms with Crippen LogP contribution < -0.4 is 20.1 Å². The molecule has 2 N–H and O–H groups in total. The van der Waals surface area contributed by atoms with Crippen molar-refractivity contribution >= 4 is 16.6 Å². The average Bonchev–Trinajstić information content (AvgIpc) is 3.13. The first kappa shape index (κ1) is 16.5. The Labute approximate surface area is 149 Å². The highest BCUT2D eigenvalue weighted by Crippen LogP contribution is 2.39. The summed E-state index contributed by atoms with van der Waals surface area (Å²) in [5, 5.41) is 8.37. The molecular weight excluding hydrogens is 314 g/mol. The monoisotopic (exact) mass is 341 g/mol. The van der Waals surface area contributed by atoms with Crippen LogP contribution in [-0.4, -0.2) is 38.8 Å². The van der Waals surface area contributed by atoms with E-state index in [4.69, 9.17) is 14.5 Å². The van der Waals surface area contributed by atoms with E-state index in [1.54, 1.807) is 14.2 Å². The molecule has 1 aliphatic heterocycles. The van der Waals surface area contributed by atoms with Crippen molar-refractivity contribution in [2.24, 2.45) is 5.92 Å². The van der Waals surface area contributed by atoms with E-state index in [-0.39, 0.29) is 0 Å². The van der Waals surface area contributed by atoms with E-state index in [2.05, 4.69) is 16.7 Å². The number of hydrogen-bond donors (Lipinski definition) is 2. The van der Waals surface area contributed by atoms with Gasteiger partial charge in [-0.25, -0.2) is 0 Å². The number of anilines is 1. The summed E-state index contributed by atoms with van der Waals surface area (Å²) in [6, 6.07) is 4.08. The zero-order valence-electron chi connectivity index (χ0n) is 15.2. The molecule has 5 nitrogen and oxygen atoms in total. The maximum absolute atomic E-state index is 5.52. The van der Waals surface area contributed by atoms with Gasteiger partial charge in [0.05, 0.1) is 19.7 Å². The summed E-state index contributed by atoms with van der Waals surface area (Å²) < 4.78 is 11.0. The third-order valence-electron chi connectivity index (χ3n) is 5.54. The first-order chi connectivity index (χ1) is 12.3. The number of methoxy groups -OCH3 is 2. The molecule has 0 saturated carbocycles. The third-order valence-corrected chi connectivity index (χ3v) is 5.54. The van der Waals surface area contributed by atoms with E-state index in [0.717, 1.165) is 60.8 Å². The highest BCUT2D eigenvalue weighted by Gasteiger charge is 2.22. The van der Waals surface area contributed by atoms with E-state index >= 15 is 0 Å². The van der Waals surface area contributed by atoms with Gasteiger partial charge in [-0.3, -0.25) is 4.98 Å². The van der Waals surface area contributed by atoms with Gasteiger partial charge in [0.25, 0.3) is 0 Å². The summed E-state index contributed by atoms with van der Waals surface area (Å²) in [6.07, 6.45) is 5.86. The van der Waals surface area contributed by atoms with Crippen molar-refractivity contribution < 1.29 is 9.47 Å². The first-order valence-corrected chi connectivity index (χ1v) is 9.32. The number of pyridine rings is 1. The smallest absolute Gasteiger partial charge is 0.162 e. The van der Waals surface area contributed by atoms with Crippen LogP contribution >= 0.6 is 0 Å². The fourth-order valence-electron chi connectivity index (χ4n) is 4.12. The molecule has 134 valence electrons.